The molecule has 1 heterocycles. The number of likely N-dealkylation sites (tertiary alicyclic amines) is 1. The molecule has 1 aromatic rings. The van der Waals surface area contributed by atoms with Gasteiger partial charge < -0.3 is 4.90 Å². The van der Waals surface area contributed by atoms with Gasteiger partial charge >= 0.3 is 0 Å². The highest BCUT2D eigenvalue weighted by molar-refractivity contribution is 5.95. The maximum absolute atomic E-state index is 12.0. The summed E-state index contributed by atoms with van der Waals surface area (Å²) in [6.45, 7) is 10.5. The number of nitrogens with zero attached hydrogens (tertiary/aromatic N) is 1. The van der Waals surface area contributed by atoms with Crippen molar-refractivity contribution in [3.63, 3.8) is 0 Å². The average Bonchev–Trinajstić information content (AvgIpc) is 2.88. The van der Waals surface area contributed by atoms with E-state index in [1.807, 2.05) is 30.3 Å². The van der Waals surface area contributed by atoms with Gasteiger partial charge in [-0.25, -0.2) is 0 Å². The van der Waals surface area contributed by atoms with Crippen molar-refractivity contribution in [3.05, 3.63) is 35.9 Å². The molecule has 1 unspecified atom stereocenters. The van der Waals surface area contributed by atoms with E-state index < -0.39 is 0 Å². The van der Waals surface area contributed by atoms with E-state index in [1.54, 1.807) is 0 Å². The number of ketones is 1. The van der Waals surface area contributed by atoms with Gasteiger partial charge in [-0.3, -0.25) is 4.79 Å². The molecule has 0 saturated carbocycles. The van der Waals surface area contributed by atoms with Crippen LogP contribution in [0, 0.1) is 11.3 Å². The van der Waals surface area contributed by atoms with E-state index in [0.29, 0.717) is 11.8 Å². The van der Waals surface area contributed by atoms with Gasteiger partial charge in [-0.05, 0) is 37.3 Å². The van der Waals surface area contributed by atoms with Gasteiger partial charge in [0, 0.05) is 18.5 Å². The summed E-state index contributed by atoms with van der Waals surface area (Å²) in [7, 11) is 0. The summed E-state index contributed by atoms with van der Waals surface area (Å²) in [6.07, 6.45) is 2.95. The quantitative estimate of drug-likeness (QED) is 0.755. The van der Waals surface area contributed by atoms with Gasteiger partial charge in [0.15, 0.2) is 5.78 Å². The molecule has 1 aromatic carbocycles. The third-order valence-electron chi connectivity index (χ3n) is 4.47. The molecule has 110 valence electrons. The Morgan fingerprint density at radius 1 is 1.25 bits per heavy atom. The highest BCUT2D eigenvalue weighted by atomic mass is 16.1. The number of rotatable bonds is 5. The minimum atomic E-state index is 0.275. The van der Waals surface area contributed by atoms with Crippen LogP contribution in [0.4, 0.5) is 0 Å². The lowest BCUT2D eigenvalue weighted by atomic mass is 9.80. The fourth-order valence-electron chi connectivity index (χ4n) is 2.97. The standard InChI is InChI=1S/C18H27NO/c1-18(2,3)16-11-13-19(14-16)12-7-10-17(20)15-8-5-4-6-9-15/h4-6,8-9,16H,7,10-14H2,1-3H3. The van der Waals surface area contributed by atoms with Crippen LogP contribution >= 0.6 is 0 Å². The molecule has 0 spiro atoms. The maximum atomic E-state index is 12.0. The molecule has 1 aliphatic heterocycles. The van der Waals surface area contributed by atoms with Crippen LogP contribution in [0.5, 0.6) is 0 Å². The van der Waals surface area contributed by atoms with Crippen LogP contribution in [-0.2, 0) is 0 Å². The molecule has 0 bridgehead atoms. The Morgan fingerprint density at radius 3 is 2.55 bits per heavy atom. The van der Waals surface area contributed by atoms with Gasteiger partial charge in [0.2, 0.25) is 0 Å². The number of benzene rings is 1. The third-order valence-corrected chi connectivity index (χ3v) is 4.47. The van der Waals surface area contributed by atoms with E-state index in [0.717, 1.165) is 24.4 Å². The Balaban J connectivity index is 1.71. The zero-order valence-corrected chi connectivity index (χ0v) is 13.1. The second-order valence-electron chi connectivity index (χ2n) is 7.04. The van der Waals surface area contributed by atoms with Crippen molar-refractivity contribution in [2.75, 3.05) is 19.6 Å². The molecule has 0 radical (unpaired) electrons. The first-order valence-electron chi connectivity index (χ1n) is 7.77. The molecule has 1 atom stereocenters. The summed E-state index contributed by atoms with van der Waals surface area (Å²) < 4.78 is 0. The largest absolute Gasteiger partial charge is 0.303 e. The van der Waals surface area contributed by atoms with Crippen molar-refractivity contribution < 1.29 is 4.79 Å². The van der Waals surface area contributed by atoms with Crippen molar-refractivity contribution >= 4 is 5.78 Å². The summed E-state index contributed by atoms with van der Waals surface area (Å²) in [5, 5.41) is 0. The molecule has 2 nitrogen and oxygen atoms in total. The highest BCUT2D eigenvalue weighted by Gasteiger charge is 2.31. The average molecular weight is 273 g/mol. The summed E-state index contributed by atoms with van der Waals surface area (Å²) in [6, 6.07) is 9.64. The predicted molar refractivity (Wildman–Crippen MR) is 84.0 cm³/mol. The van der Waals surface area contributed by atoms with E-state index in [9.17, 15) is 4.79 Å². The van der Waals surface area contributed by atoms with Crippen molar-refractivity contribution in [1.29, 1.82) is 0 Å². The topological polar surface area (TPSA) is 20.3 Å². The zero-order valence-electron chi connectivity index (χ0n) is 13.1. The van der Waals surface area contributed by atoms with Gasteiger partial charge in [-0.1, -0.05) is 51.1 Å². The number of Topliss-reactive ketones (excluding diaryl/α,β-unsaturated/α-hetero) is 1. The van der Waals surface area contributed by atoms with Crippen molar-refractivity contribution in [3.8, 4) is 0 Å². The van der Waals surface area contributed by atoms with E-state index in [1.165, 1.54) is 19.5 Å². The van der Waals surface area contributed by atoms with E-state index in [2.05, 4.69) is 25.7 Å². The van der Waals surface area contributed by atoms with Gasteiger partial charge in [-0.15, -0.1) is 0 Å². The lowest BCUT2D eigenvalue weighted by Gasteiger charge is -2.27. The molecular weight excluding hydrogens is 246 g/mol. The van der Waals surface area contributed by atoms with Gasteiger partial charge in [0.05, 0.1) is 0 Å². The molecule has 20 heavy (non-hydrogen) atoms. The Bertz CT molecular complexity index is 432. The molecule has 1 fully saturated rings. The van der Waals surface area contributed by atoms with Crippen molar-refractivity contribution in [2.24, 2.45) is 11.3 Å². The molecule has 0 amide bonds. The predicted octanol–water partition coefficient (Wildman–Crippen LogP) is 4.02. The first kappa shape index (κ1) is 15.2. The molecule has 2 rings (SSSR count). The Labute approximate surface area is 123 Å². The first-order chi connectivity index (χ1) is 9.47. The van der Waals surface area contributed by atoms with Crippen LogP contribution in [-0.4, -0.2) is 30.3 Å². The number of carbonyl (C=O) groups excluding carboxylic acids is 1. The SMILES string of the molecule is CC(C)(C)C1CCN(CCCC(=O)c2ccccc2)C1. The fourth-order valence-corrected chi connectivity index (χ4v) is 2.97. The van der Waals surface area contributed by atoms with Crippen LogP contribution in [0.25, 0.3) is 0 Å². The Morgan fingerprint density at radius 2 is 1.95 bits per heavy atom. The van der Waals surface area contributed by atoms with Gasteiger partial charge in [0.1, 0.15) is 0 Å². The van der Waals surface area contributed by atoms with Crippen molar-refractivity contribution in [2.45, 2.75) is 40.0 Å². The normalized spacial score (nSPS) is 20.2. The highest BCUT2D eigenvalue weighted by Crippen LogP contribution is 2.33. The molecule has 0 aliphatic carbocycles. The zero-order chi connectivity index (χ0) is 14.6. The summed E-state index contributed by atoms with van der Waals surface area (Å²) in [4.78, 5) is 14.5. The Kier molecular flexibility index (Phi) is 4.98. The summed E-state index contributed by atoms with van der Waals surface area (Å²) in [5.41, 5.74) is 1.26. The summed E-state index contributed by atoms with van der Waals surface area (Å²) >= 11 is 0. The molecule has 1 aliphatic rings. The number of hydrogen-bond donors (Lipinski definition) is 0. The molecular formula is C18H27NO. The fraction of sp³-hybridized carbons (Fsp3) is 0.611. The van der Waals surface area contributed by atoms with Crippen LogP contribution in [0.2, 0.25) is 0 Å². The third kappa shape index (κ3) is 4.17. The maximum Gasteiger partial charge on any atom is 0.162 e. The lowest BCUT2D eigenvalue weighted by molar-refractivity contribution is 0.0975. The molecule has 1 saturated heterocycles. The van der Waals surface area contributed by atoms with Gasteiger partial charge in [-0.2, -0.15) is 0 Å². The summed E-state index contributed by atoms with van der Waals surface area (Å²) in [5.74, 6) is 1.07. The van der Waals surface area contributed by atoms with Crippen molar-refractivity contribution in [1.82, 2.24) is 4.90 Å². The second kappa shape index (κ2) is 6.53. The van der Waals surface area contributed by atoms with Crippen LogP contribution in [0.3, 0.4) is 0 Å². The molecule has 0 N–H and O–H groups in total. The number of carbonyl (C=O) groups is 1. The smallest absolute Gasteiger partial charge is 0.162 e. The number of hydrogen-bond acceptors (Lipinski definition) is 2. The second-order valence-corrected chi connectivity index (χ2v) is 7.04. The van der Waals surface area contributed by atoms with E-state index >= 15 is 0 Å². The monoisotopic (exact) mass is 273 g/mol. The van der Waals surface area contributed by atoms with Crippen LogP contribution < -0.4 is 0 Å². The minimum absolute atomic E-state index is 0.275. The van der Waals surface area contributed by atoms with Gasteiger partial charge in [0.25, 0.3) is 0 Å². The van der Waals surface area contributed by atoms with Crippen LogP contribution in [0.15, 0.2) is 30.3 Å². The molecule has 0 aromatic heterocycles. The van der Waals surface area contributed by atoms with E-state index in [-0.39, 0.29) is 5.78 Å². The van der Waals surface area contributed by atoms with Crippen LogP contribution in [0.1, 0.15) is 50.4 Å². The minimum Gasteiger partial charge on any atom is -0.303 e. The lowest BCUT2D eigenvalue weighted by Crippen LogP contribution is -2.27. The molecule has 2 heteroatoms. The first-order valence-corrected chi connectivity index (χ1v) is 7.77. The van der Waals surface area contributed by atoms with E-state index in [4.69, 9.17) is 0 Å². The Hall–Kier alpha value is -1.15.